The van der Waals surface area contributed by atoms with E-state index in [1.54, 1.807) is 0 Å². The van der Waals surface area contributed by atoms with E-state index >= 15 is 0 Å². The molecule has 0 bridgehead atoms. The van der Waals surface area contributed by atoms with Gasteiger partial charge in [-0.3, -0.25) is 0 Å². The Morgan fingerprint density at radius 1 is 0.320 bits per heavy atom. The van der Waals surface area contributed by atoms with E-state index < -0.39 is 0 Å². The number of furan rings is 1. The summed E-state index contributed by atoms with van der Waals surface area (Å²) in [7, 11) is 0. The Hall–Kier alpha value is -6.22. The van der Waals surface area contributed by atoms with Crippen LogP contribution in [-0.2, 0) is 0 Å². The predicted molar refractivity (Wildman–Crippen MR) is 215 cm³/mol. The average Bonchev–Trinajstić information content (AvgIpc) is 3.76. The zero-order valence-corrected chi connectivity index (χ0v) is 27.8. The summed E-state index contributed by atoms with van der Waals surface area (Å²) >= 11 is 1.88. The Labute approximate surface area is 292 Å². The van der Waals surface area contributed by atoms with Gasteiger partial charge in [-0.25, -0.2) is 0 Å². The van der Waals surface area contributed by atoms with Crippen LogP contribution < -0.4 is 0 Å². The molecule has 0 unspecified atom stereocenters. The lowest BCUT2D eigenvalue weighted by Gasteiger charge is -2.18. The fourth-order valence-electron chi connectivity index (χ4n) is 8.23. The summed E-state index contributed by atoms with van der Waals surface area (Å²) in [5.74, 6) is 0. The minimum atomic E-state index is 0.935. The third-order valence-corrected chi connectivity index (χ3v) is 11.6. The summed E-state index contributed by atoms with van der Waals surface area (Å²) in [6, 6.07) is 61.9. The molecule has 1 nitrogen and oxygen atoms in total. The van der Waals surface area contributed by atoms with Crippen molar-refractivity contribution in [1.29, 1.82) is 0 Å². The average molecular weight is 653 g/mol. The normalized spacial score (nSPS) is 12.0. The van der Waals surface area contributed by atoms with Crippen LogP contribution in [0.15, 0.2) is 174 Å². The van der Waals surface area contributed by atoms with Crippen LogP contribution >= 0.6 is 11.3 Å². The monoisotopic (exact) mass is 652 g/mol. The highest BCUT2D eigenvalue weighted by Gasteiger charge is 2.19. The lowest BCUT2D eigenvalue weighted by molar-refractivity contribution is 0.672. The molecule has 0 saturated heterocycles. The van der Waals surface area contributed by atoms with Gasteiger partial charge >= 0.3 is 0 Å². The number of rotatable bonds is 3. The largest absolute Gasteiger partial charge is 0.455 e. The SMILES string of the molecule is c1ccc(-c2ccc(-c3c4ccccc4c(-c4ccc5c(c4)sc4ccc6c(ccc7c8ccccc8oc76)c45)c4ccccc34)cc2)cc1. The second-order valence-corrected chi connectivity index (χ2v) is 14.3. The number of para-hydroxylation sites is 1. The lowest BCUT2D eigenvalue weighted by Crippen LogP contribution is -1.91. The van der Waals surface area contributed by atoms with Crippen LogP contribution in [0.1, 0.15) is 0 Å². The first-order valence-electron chi connectivity index (χ1n) is 17.1. The Morgan fingerprint density at radius 2 is 0.820 bits per heavy atom. The van der Waals surface area contributed by atoms with Gasteiger partial charge in [-0.15, -0.1) is 11.3 Å². The zero-order chi connectivity index (χ0) is 32.8. The molecule has 0 amide bonds. The highest BCUT2D eigenvalue weighted by molar-refractivity contribution is 7.26. The minimum absolute atomic E-state index is 0.935. The van der Waals surface area contributed by atoms with Gasteiger partial charge in [0.05, 0.1) is 0 Å². The van der Waals surface area contributed by atoms with Gasteiger partial charge in [-0.1, -0.05) is 140 Å². The van der Waals surface area contributed by atoms with Crippen LogP contribution in [-0.4, -0.2) is 0 Å². The number of hydrogen-bond acceptors (Lipinski definition) is 2. The van der Waals surface area contributed by atoms with E-state index in [4.69, 9.17) is 4.42 Å². The van der Waals surface area contributed by atoms with Crippen molar-refractivity contribution in [2.24, 2.45) is 0 Å². The lowest BCUT2D eigenvalue weighted by atomic mass is 9.85. The molecule has 0 aliphatic rings. The van der Waals surface area contributed by atoms with E-state index in [-0.39, 0.29) is 0 Å². The molecule has 0 aliphatic carbocycles. The Balaban J connectivity index is 1.12. The van der Waals surface area contributed by atoms with E-state index in [1.165, 1.54) is 96.6 Å². The smallest absolute Gasteiger partial charge is 0.143 e. The molecule has 11 rings (SSSR count). The van der Waals surface area contributed by atoms with Crippen LogP contribution in [0.25, 0.3) is 108 Å². The molecule has 232 valence electrons. The van der Waals surface area contributed by atoms with Gasteiger partial charge in [0.15, 0.2) is 0 Å². The van der Waals surface area contributed by atoms with Gasteiger partial charge in [0.2, 0.25) is 0 Å². The molecule has 9 aromatic carbocycles. The van der Waals surface area contributed by atoms with Gasteiger partial charge in [-0.05, 0) is 90.6 Å². The van der Waals surface area contributed by atoms with Crippen LogP contribution in [0.5, 0.6) is 0 Å². The first kappa shape index (κ1) is 27.7. The number of hydrogen-bond donors (Lipinski definition) is 0. The molecule has 2 heterocycles. The highest BCUT2D eigenvalue weighted by atomic mass is 32.1. The summed E-state index contributed by atoms with van der Waals surface area (Å²) < 4.78 is 9.02. The van der Waals surface area contributed by atoms with Gasteiger partial charge < -0.3 is 4.42 Å². The van der Waals surface area contributed by atoms with E-state index in [0.29, 0.717) is 0 Å². The quantitative estimate of drug-likeness (QED) is 0.173. The Bertz CT molecular complexity index is 3070. The van der Waals surface area contributed by atoms with Crippen molar-refractivity contribution in [3.8, 4) is 33.4 Å². The van der Waals surface area contributed by atoms with Crippen molar-refractivity contribution in [1.82, 2.24) is 0 Å². The Kier molecular flexibility index (Phi) is 5.89. The van der Waals surface area contributed by atoms with Crippen molar-refractivity contribution >= 4 is 85.8 Å². The molecular weight excluding hydrogens is 625 g/mol. The summed E-state index contributed by atoms with van der Waals surface area (Å²) in [4.78, 5) is 0. The van der Waals surface area contributed by atoms with Crippen LogP contribution in [0, 0.1) is 0 Å². The number of fused-ring (bicyclic) bond motifs is 11. The predicted octanol–water partition coefficient (Wildman–Crippen LogP) is 14.4. The van der Waals surface area contributed by atoms with Crippen LogP contribution in [0.4, 0.5) is 0 Å². The first-order valence-corrected chi connectivity index (χ1v) is 17.9. The molecule has 11 aromatic rings. The summed E-state index contributed by atoms with van der Waals surface area (Å²) in [5.41, 5.74) is 9.40. The summed E-state index contributed by atoms with van der Waals surface area (Å²) in [5, 5.41) is 12.4. The van der Waals surface area contributed by atoms with Crippen LogP contribution in [0.3, 0.4) is 0 Å². The minimum Gasteiger partial charge on any atom is -0.455 e. The van der Waals surface area contributed by atoms with Crippen molar-refractivity contribution in [3.63, 3.8) is 0 Å². The van der Waals surface area contributed by atoms with E-state index in [9.17, 15) is 0 Å². The molecule has 0 N–H and O–H groups in total. The first-order chi connectivity index (χ1) is 24.8. The number of benzene rings is 9. The zero-order valence-electron chi connectivity index (χ0n) is 27.0. The molecular formula is C48H28OS. The molecule has 0 aliphatic heterocycles. The molecule has 0 spiro atoms. The van der Waals surface area contributed by atoms with Crippen molar-refractivity contribution in [3.05, 3.63) is 170 Å². The second-order valence-electron chi connectivity index (χ2n) is 13.2. The summed E-state index contributed by atoms with van der Waals surface area (Å²) in [6.07, 6.45) is 0. The maximum atomic E-state index is 6.43. The number of thiophene rings is 1. The van der Waals surface area contributed by atoms with Crippen molar-refractivity contribution in [2.45, 2.75) is 0 Å². The fraction of sp³-hybridized carbons (Fsp3) is 0. The molecule has 50 heavy (non-hydrogen) atoms. The fourth-order valence-corrected chi connectivity index (χ4v) is 9.39. The molecule has 0 atom stereocenters. The highest BCUT2D eigenvalue weighted by Crippen LogP contribution is 2.47. The van der Waals surface area contributed by atoms with Gasteiger partial charge in [0.25, 0.3) is 0 Å². The van der Waals surface area contributed by atoms with Gasteiger partial charge in [0.1, 0.15) is 11.2 Å². The van der Waals surface area contributed by atoms with Gasteiger partial charge in [0, 0.05) is 36.3 Å². The molecule has 0 radical (unpaired) electrons. The van der Waals surface area contributed by atoms with Crippen LogP contribution in [0.2, 0.25) is 0 Å². The Morgan fingerprint density at radius 3 is 1.54 bits per heavy atom. The van der Waals surface area contributed by atoms with Gasteiger partial charge in [-0.2, -0.15) is 0 Å². The standard InChI is InChI=1S/C48H28OS/c1-2-10-29(11-3-1)30-18-20-31(21-19-30)45-34-13-4-6-15-36(34)46(37-16-7-5-14-35(37)45)32-22-23-41-44(28-32)50-43-27-26-40-38(47(41)43)24-25-39-33-12-8-9-17-42(33)49-48(39)40/h1-28H. The molecule has 0 fully saturated rings. The summed E-state index contributed by atoms with van der Waals surface area (Å²) in [6.45, 7) is 0. The second kappa shape index (κ2) is 10.6. The third-order valence-electron chi connectivity index (χ3n) is 10.5. The maximum Gasteiger partial charge on any atom is 0.143 e. The van der Waals surface area contributed by atoms with Crippen molar-refractivity contribution in [2.75, 3.05) is 0 Å². The molecule has 2 aromatic heterocycles. The van der Waals surface area contributed by atoms with E-state index in [0.717, 1.165) is 11.2 Å². The maximum absolute atomic E-state index is 6.43. The molecule has 0 saturated carbocycles. The topological polar surface area (TPSA) is 13.1 Å². The van der Waals surface area contributed by atoms with E-state index in [2.05, 4.69) is 164 Å². The van der Waals surface area contributed by atoms with E-state index in [1.807, 2.05) is 17.4 Å². The molecule has 2 heteroatoms. The van der Waals surface area contributed by atoms with Crippen molar-refractivity contribution < 1.29 is 4.42 Å². The third kappa shape index (κ3) is 4.00.